The van der Waals surface area contributed by atoms with E-state index in [2.05, 4.69) is 4.98 Å². The van der Waals surface area contributed by atoms with Crippen LogP contribution in [0.25, 0.3) is 0 Å². The van der Waals surface area contributed by atoms with Crippen LogP contribution in [0.5, 0.6) is 5.75 Å². The van der Waals surface area contributed by atoms with Crippen molar-refractivity contribution in [1.29, 1.82) is 0 Å². The Balaban J connectivity index is 3.25. The monoisotopic (exact) mass is 255 g/mol. The molecule has 48 valence electrons. The molecule has 0 aliphatic rings. The van der Waals surface area contributed by atoms with Gasteiger partial charge in [0.1, 0.15) is 3.70 Å². The van der Waals surface area contributed by atoms with Gasteiger partial charge in [0, 0.05) is 6.20 Å². The molecule has 1 N–H and O–H groups in total. The molecule has 0 bridgehead atoms. The molecule has 0 saturated carbocycles. The Kier molecular flexibility index (Phi) is 2.13. The molecule has 1 heterocycles. The largest absolute Gasteiger partial charge is 0.504 e. The van der Waals surface area contributed by atoms with Crippen molar-refractivity contribution in [2.45, 2.75) is 0 Å². The van der Waals surface area contributed by atoms with Crippen LogP contribution in [0.1, 0.15) is 0 Å². The van der Waals surface area contributed by atoms with Gasteiger partial charge in [0.2, 0.25) is 0 Å². The Labute approximate surface area is 71.0 Å². The molecule has 0 aromatic carbocycles. The van der Waals surface area contributed by atoms with Gasteiger partial charge in [0.15, 0.2) is 5.75 Å². The fourth-order valence-corrected chi connectivity index (χ4v) is 1.16. The highest BCUT2D eigenvalue weighted by atomic mass is 127. The number of nitrogens with zero attached hydrogens (tertiary/aromatic N) is 1. The lowest BCUT2D eigenvalue weighted by atomic mass is 10.5. The second-order valence-electron chi connectivity index (χ2n) is 1.43. The van der Waals surface area contributed by atoms with Crippen molar-refractivity contribution in [3.8, 4) is 5.75 Å². The summed E-state index contributed by atoms with van der Waals surface area (Å²) in [5.74, 6) is 0.0553. The van der Waals surface area contributed by atoms with Gasteiger partial charge in [-0.1, -0.05) is 11.6 Å². The van der Waals surface area contributed by atoms with Crippen molar-refractivity contribution in [3.63, 3.8) is 0 Å². The van der Waals surface area contributed by atoms with E-state index < -0.39 is 0 Å². The molecule has 1 aromatic rings. The first-order valence-corrected chi connectivity index (χ1v) is 3.66. The molecule has 9 heavy (non-hydrogen) atoms. The standard InChI is InChI=1S/C5H3ClINO/c6-3-1-2-8-5(7)4(3)9/h1-2,9H. The van der Waals surface area contributed by atoms with Crippen LogP contribution in [0.15, 0.2) is 12.3 Å². The summed E-state index contributed by atoms with van der Waals surface area (Å²) in [6.45, 7) is 0. The molecule has 0 spiro atoms. The molecule has 0 fully saturated rings. The van der Waals surface area contributed by atoms with Crippen LogP contribution in [0.2, 0.25) is 5.02 Å². The number of halogens is 2. The van der Waals surface area contributed by atoms with Crippen LogP contribution >= 0.6 is 34.2 Å². The van der Waals surface area contributed by atoms with Gasteiger partial charge in [-0.15, -0.1) is 0 Å². The van der Waals surface area contributed by atoms with E-state index in [1.807, 2.05) is 22.6 Å². The van der Waals surface area contributed by atoms with Gasteiger partial charge in [-0.2, -0.15) is 0 Å². The molecule has 1 aromatic heterocycles. The van der Waals surface area contributed by atoms with Crippen molar-refractivity contribution < 1.29 is 5.11 Å². The topological polar surface area (TPSA) is 33.1 Å². The molecule has 0 amide bonds. The normalized spacial score (nSPS) is 9.56. The minimum atomic E-state index is 0.0553. The van der Waals surface area contributed by atoms with E-state index in [0.717, 1.165) is 0 Å². The minimum Gasteiger partial charge on any atom is -0.504 e. The van der Waals surface area contributed by atoms with Crippen LogP contribution < -0.4 is 0 Å². The first-order chi connectivity index (χ1) is 4.22. The Morgan fingerprint density at radius 2 is 2.33 bits per heavy atom. The highest BCUT2D eigenvalue weighted by Crippen LogP contribution is 2.25. The average molecular weight is 255 g/mol. The van der Waals surface area contributed by atoms with Crippen LogP contribution in [0, 0.1) is 3.70 Å². The third-order valence-corrected chi connectivity index (χ3v) is 1.92. The number of pyridine rings is 1. The predicted octanol–water partition coefficient (Wildman–Crippen LogP) is 2.05. The molecule has 2 nitrogen and oxygen atoms in total. The summed E-state index contributed by atoms with van der Waals surface area (Å²) >= 11 is 7.42. The molecule has 0 saturated heterocycles. The smallest absolute Gasteiger partial charge is 0.166 e. The number of hydrogen-bond donors (Lipinski definition) is 1. The van der Waals surface area contributed by atoms with E-state index in [0.29, 0.717) is 8.72 Å². The van der Waals surface area contributed by atoms with E-state index in [9.17, 15) is 0 Å². The zero-order valence-electron chi connectivity index (χ0n) is 4.31. The minimum absolute atomic E-state index is 0.0553. The lowest BCUT2D eigenvalue weighted by molar-refractivity contribution is 0.468. The number of hydrogen-bond acceptors (Lipinski definition) is 2. The maximum Gasteiger partial charge on any atom is 0.166 e. The molecular weight excluding hydrogens is 252 g/mol. The first kappa shape index (κ1) is 7.08. The van der Waals surface area contributed by atoms with Crippen molar-refractivity contribution in [1.82, 2.24) is 4.98 Å². The Morgan fingerprint density at radius 3 is 2.78 bits per heavy atom. The van der Waals surface area contributed by atoms with E-state index in [1.54, 1.807) is 12.3 Å². The zero-order chi connectivity index (χ0) is 6.85. The number of aromatic nitrogens is 1. The summed E-state index contributed by atoms with van der Waals surface area (Å²) in [6, 6.07) is 1.54. The summed E-state index contributed by atoms with van der Waals surface area (Å²) in [5.41, 5.74) is 0. The molecule has 0 unspecified atom stereocenters. The highest BCUT2D eigenvalue weighted by Gasteiger charge is 2.00. The lowest BCUT2D eigenvalue weighted by Gasteiger charge is -1.94. The van der Waals surface area contributed by atoms with Crippen LogP contribution in [-0.4, -0.2) is 10.1 Å². The average Bonchev–Trinajstić information content (AvgIpc) is 1.83. The van der Waals surface area contributed by atoms with Crippen LogP contribution in [0.3, 0.4) is 0 Å². The van der Waals surface area contributed by atoms with Gasteiger partial charge in [0.25, 0.3) is 0 Å². The fraction of sp³-hybridized carbons (Fsp3) is 0. The first-order valence-electron chi connectivity index (χ1n) is 2.21. The quantitative estimate of drug-likeness (QED) is 0.568. The van der Waals surface area contributed by atoms with Gasteiger partial charge in [0.05, 0.1) is 5.02 Å². The summed E-state index contributed by atoms with van der Waals surface area (Å²) in [7, 11) is 0. The van der Waals surface area contributed by atoms with Crippen molar-refractivity contribution in [3.05, 3.63) is 21.0 Å². The molecule has 0 atom stereocenters. The van der Waals surface area contributed by atoms with E-state index in [1.165, 1.54) is 0 Å². The third kappa shape index (κ3) is 1.46. The fourth-order valence-electron chi connectivity index (χ4n) is 0.407. The van der Waals surface area contributed by atoms with Gasteiger partial charge < -0.3 is 5.11 Å². The summed E-state index contributed by atoms with van der Waals surface area (Å²) in [4.78, 5) is 3.79. The second-order valence-corrected chi connectivity index (χ2v) is 2.86. The third-order valence-electron chi connectivity index (χ3n) is 0.830. The molecule has 0 aliphatic carbocycles. The number of aromatic hydroxyl groups is 1. The van der Waals surface area contributed by atoms with Crippen molar-refractivity contribution >= 4 is 34.2 Å². The Hall–Kier alpha value is -0.0300. The van der Waals surface area contributed by atoms with Crippen molar-refractivity contribution in [2.24, 2.45) is 0 Å². The second kappa shape index (κ2) is 2.70. The predicted molar refractivity (Wildman–Crippen MR) is 43.6 cm³/mol. The number of rotatable bonds is 0. The van der Waals surface area contributed by atoms with Gasteiger partial charge in [-0.25, -0.2) is 4.98 Å². The van der Waals surface area contributed by atoms with Crippen molar-refractivity contribution in [2.75, 3.05) is 0 Å². The summed E-state index contributed by atoms with van der Waals surface area (Å²) in [5, 5.41) is 9.35. The SMILES string of the molecule is Oc1c(Cl)ccnc1I. The molecule has 1 rings (SSSR count). The molecular formula is C5H3ClINO. The maximum atomic E-state index is 9.00. The Morgan fingerprint density at radius 1 is 1.67 bits per heavy atom. The summed E-state index contributed by atoms with van der Waals surface area (Å²) in [6.07, 6.45) is 1.55. The molecule has 0 aliphatic heterocycles. The molecule has 4 heteroatoms. The van der Waals surface area contributed by atoms with E-state index in [-0.39, 0.29) is 5.75 Å². The zero-order valence-corrected chi connectivity index (χ0v) is 7.22. The van der Waals surface area contributed by atoms with Crippen LogP contribution in [-0.2, 0) is 0 Å². The highest BCUT2D eigenvalue weighted by molar-refractivity contribution is 14.1. The van der Waals surface area contributed by atoms with Gasteiger partial charge >= 0.3 is 0 Å². The Bertz CT molecular complexity index is 208. The van der Waals surface area contributed by atoms with Gasteiger partial charge in [-0.05, 0) is 28.7 Å². The lowest BCUT2D eigenvalue weighted by Crippen LogP contribution is -1.78. The van der Waals surface area contributed by atoms with E-state index in [4.69, 9.17) is 16.7 Å². The summed E-state index contributed by atoms with van der Waals surface area (Å²) < 4.78 is 0.528. The van der Waals surface area contributed by atoms with Crippen LogP contribution in [0.4, 0.5) is 0 Å². The van der Waals surface area contributed by atoms with Gasteiger partial charge in [-0.3, -0.25) is 0 Å². The molecule has 0 radical (unpaired) electrons. The van der Waals surface area contributed by atoms with E-state index >= 15 is 0 Å². The maximum absolute atomic E-state index is 9.00.